The van der Waals surface area contributed by atoms with Crippen LogP contribution in [0.4, 0.5) is 5.82 Å². The van der Waals surface area contributed by atoms with E-state index in [1.807, 2.05) is 22.8 Å². The van der Waals surface area contributed by atoms with E-state index in [2.05, 4.69) is 34.1 Å². The van der Waals surface area contributed by atoms with Gasteiger partial charge in [0.1, 0.15) is 11.6 Å². The zero-order valence-electron chi connectivity index (χ0n) is 15.0. The van der Waals surface area contributed by atoms with Crippen molar-refractivity contribution in [1.82, 2.24) is 14.6 Å². The van der Waals surface area contributed by atoms with Crippen LogP contribution in [0.25, 0.3) is 16.9 Å². The molecule has 0 saturated heterocycles. The molecule has 0 unspecified atom stereocenters. The predicted octanol–water partition coefficient (Wildman–Crippen LogP) is 4.18. The molecule has 134 valence electrons. The fourth-order valence-corrected chi connectivity index (χ4v) is 3.66. The van der Waals surface area contributed by atoms with Gasteiger partial charge in [-0.1, -0.05) is 12.1 Å². The van der Waals surface area contributed by atoms with E-state index in [9.17, 15) is 0 Å². The summed E-state index contributed by atoms with van der Waals surface area (Å²) >= 11 is 0. The van der Waals surface area contributed by atoms with Crippen LogP contribution in [-0.4, -0.2) is 34.3 Å². The number of imidazole rings is 1. The van der Waals surface area contributed by atoms with E-state index in [0.717, 1.165) is 60.5 Å². The smallest absolute Gasteiger partial charge is 0.154 e. The standard InChI is InChI=1S/C21H24N4O/c1-2-11-24(15-16-7-8-16)21-10-9-20-22-14-19(25(20)23-21)17-5-4-6-18(13-17)26-12-3-1/h4-6,9-10,13-14,16H,1-3,7-8,11-12,15H2. The second-order valence-corrected chi connectivity index (χ2v) is 7.43. The molecule has 2 aromatic heterocycles. The van der Waals surface area contributed by atoms with Crippen molar-refractivity contribution in [1.29, 1.82) is 0 Å². The highest BCUT2D eigenvalue weighted by Gasteiger charge is 2.25. The minimum atomic E-state index is 0.775. The molecule has 3 aromatic rings. The van der Waals surface area contributed by atoms with Crippen molar-refractivity contribution < 1.29 is 4.74 Å². The third-order valence-corrected chi connectivity index (χ3v) is 5.32. The summed E-state index contributed by atoms with van der Waals surface area (Å²) in [5, 5.41) is 4.96. The van der Waals surface area contributed by atoms with Gasteiger partial charge in [0.25, 0.3) is 0 Å². The average Bonchev–Trinajstić information content (AvgIpc) is 3.39. The van der Waals surface area contributed by atoms with Crippen LogP contribution in [0.5, 0.6) is 5.75 Å². The second kappa shape index (κ2) is 6.63. The molecule has 5 heteroatoms. The first-order valence-electron chi connectivity index (χ1n) is 9.70. The van der Waals surface area contributed by atoms with E-state index in [1.165, 1.54) is 25.7 Å². The summed E-state index contributed by atoms with van der Waals surface area (Å²) in [4.78, 5) is 7.01. The highest BCUT2D eigenvalue weighted by Crippen LogP contribution is 2.32. The zero-order chi connectivity index (χ0) is 17.3. The summed E-state index contributed by atoms with van der Waals surface area (Å²) in [7, 11) is 0. The lowest BCUT2D eigenvalue weighted by atomic mass is 10.1. The van der Waals surface area contributed by atoms with Crippen LogP contribution in [0, 0.1) is 5.92 Å². The normalized spacial score (nSPS) is 17.9. The number of ether oxygens (including phenoxy) is 1. The molecule has 1 aromatic carbocycles. The van der Waals surface area contributed by atoms with Gasteiger partial charge in [0, 0.05) is 18.7 Å². The monoisotopic (exact) mass is 348 g/mol. The summed E-state index contributed by atoms with van der Waals surface area (Å²) in [5.74, 6) is 2.82. The van der Waals surface area contributed by atoms with E-state index < -0.39 is 0 Å². The lowest BCUT2D eigenvalue weighted by Crippen LogP contribution is -2.28. The Labute approximate surface area is 153 Å². The lowest BCUT2D eigenvalue weighted by molar-refractivity contribution is 0.305. The van der Waals surface area contributed by atoms with E-state index in [1.54, 1.807) is 0 Å². The summed E-state index contributed by atoms with van der Waals surface area (Å²) in [6.07, 6.45) is 8.06. The molecule has 26 heavy (non-hydrogen) atoms. The van der Waals surface area contributed by atoms with Gasteiger partial charge >= 0.3 is 0 Å². The number of aromatic nitrogens is 3. The highest BCUT2D eigenvalue weighted by molar-refractivity contribution is 5.65. The van der Waals surface area contributed by atoms with Crippen molar-refractivity contribution in [3.63, 3.8) is 0 Å². The van der Waals surface area contributed by atoms with Gasteiger partial charge in [-0.15, -0.1) is 5.10 Å². The maximum Gasteiger partial charge on any atom is 0.154 e. The number of anilines is 1. The number of benzene rings is 1. The molecular formula is C21H24N4O. The van der Waals surface area contributed by atoms with Gasteiger partial charge < -0.3 is 9.64 Å². The van der Waals surface area contributed by atoms with E-state index in [4.69, 9.17) is 9.84 Å². The number of hydrogen-bond acceptors (Lipinski definition) is 4. The Hall–Kier alpha value is -2.56. The Kier molecular flexibility index (Phi) is 4.00. The third-order valence-electron chi connectivity index (χ3n) is 5.32. The molecule has 2 aliphatic rings. The van der Waals surface area contributed by atoms with E-state index in [-0.39, 0.29) is 0 Å². The van der Waals surface area contributed by atoms with Crippen molar-refractivity contribution in [2.24, 2.45) is 5.92 Å². The molecule has 0 amide bonds. The Morgan fingerprint density at radius 2 is 2.04 bits per heavy atom. The van der Waals surface area contributed by atoms with Crippen LogP contribution < -0.4 is 9.64 Å². The SMILES string of the molecule is c1cc2cc(c1)-c1cnc3ccc(nn13)N(CC1CC1)CCCCCO2. The molecule has 5 nitrogen and oxygen atoms in total. The van der Waals surface area contributed by atoms with Gasteiger partial charge in [0.2, 0.25) is 0 Å². The Bertz CT molecular complexity index is 915. The van der Waals surface area contributed by atoms with Crippen LogP contribution in [0.15, 0.2) is 42.6 Å². The van der Waals surface area contributed by atoms with Crippen LogP contribution in [0.3, 0.4) is 0 Å². The van der Waals surface area contributed by atoms with Crippen LogP contribution in [0.2, 0.25) is 0 Å². The predicted molar refractivity (Wildman–Crippen MR) is 103 cm³/mol. The quantitative estimate of drug-likeness (QED) is 0.697. The topological polar surface area (TPSA) is 42.7 Å². The number of nitrogens with zero attached hydrogens (tertiary/aromatic N) is 4. The fourth-order valence-electron chi connectivity index (χ4n) is 3.66. The van der Waals surface area contributed by atoms with Gasteiger partial charge in [-0.2, -0.15) is 0 Å². The first-order valence-corrected chi connectivity index (χ1v) is 9.70. The van der Waals surface area contributed by atoms with Gasteiger partial charge in [-0.25, -0.2) is 9.50 Å². The molecule has 3 heterocycles. The Morgan fingerprint density at radius 1 is 1.08 bits per heavy atom. The third kappa shape index (κ3) is 3.14. The molecular weight excluding hydrogens is 324 g/mol. The van der Waals surface area contributed by atoms with Crippen molar-refractivity contribution in [2.75, 3.05) is 24.6 Å². The maximum absolute atomic E-state index is 5.96. The zero-order valence-corrected chi connectivity index (χ0v) is 15.0. The molecule has 4 bridgehead atoms. The van der Waals surface area contributed by atoms with Gasteiger partial charge in [-0.3, -0.25) is 0 Å². The highest BCUT2D eigenvalue weighted by atomic mass is 16.5. The Morgan fingerprint density at radius 3 is 2.96 bits per heavy atom. The van der Waals surface area contributed by atoms with Gasteiger partial charge in [-0.05, 0) is 62.3 Å². The summed E-state index contributed by atoms with van der Waals surface area (Å²) in [5.41, 5.74) is 2.98. The maximum atomic E-state index is 5.96. The van der Waals surface area contributed by atoms with Crippen molar-refractivity contribution in [3.05, 3.63) is 42.6 Å². The molecule has 1 aliphatic heterocycles. The van der Waals surface area contributed by atoms with Crippen LogP contribution >= 0.6 is 0 Å². The fraction of sp³-hybridized carbons (Fsp3) is 0.429. The summed E-state index contributed by atoms with van der Waals surface area (Å²) < 4.78 is 7.93. The van der Waals surface area contributed by atoms with Crippen LogP contribution in [-0.2, 0) is 0 Å². The van der Waals surface area contributed by atoms with E-state index in [0.29, 0.717) is 0 Å². The molecule has 1 aliphatic carbocycles. The van der Waals surface area contributed by atoms with Gasteiger partial charge in [0.15, 0.2) is 5.65 Å². The molecule has 0 atom stereocenters. The molecule has 0 radical (unpaired) electrons. The van der Waals surface area contributed by atoms with Crippen molar-refractivity contribution in [3.8, 4) is 17.0 Å². The minimum absolute atomic E-state index is 0.775. The molecule has 1 fully saturated rings. The number of rotatable bonds is 2. The molecule has 0 spiro atoms. The number of fused-ring (bicyclic) bond motifs is 4. The number of hydrogen-bond donors (Lipinski definition) is 0. The van der Waals surface area contributed by atoms with Crippen molar-refractivity contribution in [2.45, 2.75) is 32.1 Å². The molecule has 0 N–H and O–H groups in total. The Balaban J connectivity index is 1.60. The molecule has 1 saturated carbocycles. The van der Waals surface area contributed by atoms with E-state index >= 15 is 0 Å². The lowest BCUT2D eigenvalue weighted by Gasteiger charge is -2.24. The molecule has 5 rings (SSSR count). The summed E-state index contributed by atoms with van der Waals surface area (Å²) in [6, 6.07) is 12.5. The van der Waals surface area contributed by atoms with Gasteiger partial charge in [0.05, 0.1) is 18.5 Å². The van der Waals surface area contributed by atoms with Crippen molar-refractivity contribution >= 4 is 11.5 Å². The average molecular weight is 348 g/mol. The van der Waals surface area contributed by atoms with Crippen LogP contribution in [0.1, 0.15) is 32.1 Å². The largest absolute Gasteiger partial charge is 0.494 e. The first-order chi connectivity index (χ1) is 12.9. The second-order valence-electron chi connectivity index (χ2n) is 7.43. The summed E-state index contributed by atoms with van der Waals surface area (Å²) in [6.45, 7) is 2.95. The minimum Gasteiger partial charge on any atom is -0.494 e. The first kappa shape index (κ1) is 15.7.